The highest BCUT2D eigenvalue weighted by atomic mass is 16.7. The quantitative estimate of drug-likeness (QED) is 0.811. The maximum absolute atomic E-state index is 11.9. The number of hydrogen-bond donors (Lipinski definition) is 2. The lowest BCUT2D eigenvalue weighted by atomic mass is 10.2. The van der Waals surface area contributed by atoms with Crippen LogP contribution in [-0.2, 0) is 4.74 Å². The summed E-state index contributed by atoms with van der Waals surface area (Å²) in [6, 6.07) is 5.53. The molecular weight excluding hydrogens is 364 g/mol. The number of amides is 1. The first-order valence-electron chi connectivity index (χ1n) is 9.09. The van der Waals surface area contributed by atoms with Gasteiger partial charge in [-0.2, -0.15) is 0 Å². The number of nitrogens with one attached hydrogen (secondary N) is 1. The number of aromatic nitrogens is 2. The maximum Gasteiger partial charge on any atom is 0.409 e. The number of nitrogens with two attached hydrogens (primary N) is 1. The number of rotatable bonds is 4. The van der Waals surface area contributed by atoms with E-state index in [2.05, 4.69) is 15.3 Å². The summed E-state index contributed by atoms with van der Waals surface area (Å²) in [6.45, 7) is 4.71. The van der Waals surface area contributed by atoms with E-state index in [1.54, 1.807) is 11.8 Å². The minimum Gasteiger partial charge on any atom is -0.454 e. The summed E-state index contributed by atoms with van der Waals surface area (Å²) < 4.78 is 15.8. The summed E-state index contributed by atoms with van der Waals surface area (Å²) in [7, 11) is 0. The van der Waals surface area contributed by atoms with Crippen molar-refractivity contribution in [1.29, 1.82) is 0 Å². The van der Waals surface area contributed by atoms with Gasteiger partial charge in [0, 0.05) is 37.9 Å². The Bertz CT molecular complexity index is 869. The molecule has 0 atom stereocenters. The molecule has 28 heavy (non-hydrogen) atoms. The molecule has 2 aliphatic heterocycles. The second-order valence-corrected chi connectivity index (χ2v) is 6.33. The van der Waals surface area contributed by atoms with Gasteiger partial charge in [0.2, 0.25) is 6.79 Å². The van der Waals surface area contributed by atoms with Crippen LogP contribution >= 0.6 is 0 Å². The fourth-order valence-electron chi connectivity index (χ4n) is 3.16. The predicted octanol–water partition coefficient (Wildman–Crippen LogP) is 1.81. The number of carbonyl (C=O) groups excluding carboxylic acids is 1. The highest BCUT2D eigenvalue weighted by Gasteiger charge is 2.25. The van der Waals surface area contributed by atoms with Crippen molar-refractivity contribution in [3.8, 4) is 11.5 Å². The summed E-state index contributed by atoms with van der Waals surface area (Å²) in [5, 5.41) is 3.20. The Hall–Kier alpha value is -3.43. The number of anilines is 4. The molecule has 1 amide bonds. The number of carbonyl (C=O) groups is 1. The third-order valence-corrected chi connectivity index (χ3v) is 4.60. The van der Waals surface area contributed by atoms with E-state index < -0.39 is 0 Å². The molecule has 0 bridgehead atoms. The van der Waals surface area contributed by atoms with Gasteiger partial charge in [-0.15, -0.1) is 0 Å². The van der Waals surface area contributed by atoms with Gasteiger partial charge in [-0.1, -0.05) is 0 Å². The van der Waals surface area contributed by atoms with Crippen LogP contribution in [0, 0.1) is 0 Å². The van der Waals surface area contributed by atoms with E-state index >= 15 is 0 Å². The summed E-state index contributed by atoms with van der Waals surface area (Å²) in [4.78, 5) is 24.2. The molecule has 0 spiro atoms. The summed E-state index contributed by atoms with van der Waals surface area (Å²) in [5.74, 6) is 2.53. The zero-order valence-corrected chi connectivity index (χ0v) is 15.6. The molecule has 0 radical (unpaired) electrons. The van der Waals surface area contributed by atoms with E-state index in [9.17, 15) is 4.79 Å². The Labute approximate surface area is 162 Å². The molecule has 10 heteroatoms. The van der Waals surface area contributed by atoms with Crippen LogP contribution in [0.3, 0.4) is 0 Å². The average Bonchev–Trinajstić information content (AvgIpc) is 3.18. The lowest BCUT2D eigenvalue weighted by molar-refractivity contribution is 0.105. The van der Waals surface area contributed by atoms with Gasteiger partial charge in [0.05, 0.1) is 6.61 Å². The third-order valence-electron chi connectivity index (χ3n) is 4.60. The van der Waals surface area contributed by atoms with E-state index in [-0.39, 0.29) is 12.9 Å². The zero-order valence-electron chi connectivity index (χ0n) is 15.6. The largest absolute Gasteiger partial charge is 0.454 e. The van der Waals surface area contributed by atoms with Crippen LogP contribution < -0.4 is 25.4 Å². The van der Waals surface area contributed by atoms with Crippen molar-refractivity contribution in [3.63, 3.8) is 0 Å². The molecule has 10 nitrogen and oxygen atoms in total. The Morgan fingerprint density at radius 2 is 2.00 bits per heavy atom. The van der Waals surface area contributed by atoms with Crippen LogP contribution in [0.15, 0.2) is 24.5 Å². The first kappa shape index (κ1) is 18.0. The molecule has 3 N–H and O–H groups in total. The molecular formula is C18H22N6O4. The van der Waals surface area contributed by atoms with E-state index in [0.717, 1.165) is 5.69 Å². The van der Waals surface area contributed by atoms with Crippen molar-refractivity contribution < 1.29 is 19.0 Å². The van der Waals surface area contributed by atoms with Crippen molar-refractivity contribution in [3.05, 3.63) is 24.5 Å². The molecule has 0 saturated carbocycles. The Balaban J connectivity index is 1.46. The van der Waals surface area contributed by atoms with Crippen molar-refractivity contribution in [2.75, 3.05) is 55.5 Å². The molecule has 148 valence electrons. The topological polar surface area (TPSA) is 115 Å². The van der Waals surface area contributed by atoms with Crippen LogP contribution in [0.5, 0.6) is 11.5 Å². The number of benzene rings is 1. The minimum atomic E-state index is -0.289. The number of nitrogen functional groups attached to an aromatic ring is 1. The van der Waals surface area contributed by atoms with Crippen LogP contribution in [0.4, 0.5) is 27.8 Å². The monoisotopic (exact) mass is 386 g/mol. The highest BCUT2D eigenvalue weighted by molar-refractivity contribution is 5.79. The van der Waals surface area contributed by atoms with Crippen LogP contribution in [0.1, 0.15) is 6.92 Å². The van der Waals surface area contributed by atoms with Crippen LogP contribution in [0.25, 0.3) is 0 Å². The first-order chi connectivity index (χ1) is 13.7. The maximum atomic E-state index is 11.9. The smallest absolute Gasteiger partial charge is 0.409 e. The van der Waals surface area contributed by atoms with Crippen molar-refractivity contribution in [2.24, 2.45) is 0 Å². The summed E-state index contributed by atoms with van der Waals surface area (Å²) >= 11 is 0. The minimum absolute atomic E-state index is 0.219. The number of ether oxygens (including phenoxy) is 3. The first-order valence-corrected chi connectivity index (χ1v) is 9.09. The number of hydrogen-bond acceptors (Lipinski definition) is 9. The summed E-state index contributed by atoms with van der Waals surface area (Å²) in [5.41, 5.74) is 7.56. The van der Waals surface area contributed by atoms with Gasteiger partial charge in [0.1, 0.15) is 12.0 Å². The molecule has 3 heterocycles. The lowest BCUT2D eigenvalue weighted by Crippen LogP contribution is -2.49. The Kier molecular flexibility index (Phi) is 4.92. The van der Waals surface area contributed by atoms with E-state index in [4.69, 9.17) is 19.9 Å². The fourth-order valence-corrected chi connectivity index (χ4v) is 3.16. The van der Waals surface area contributed by atoms with E-state index in [1.165, 1.54) is 6.33 Å². The third kappa shape index (κ3) is 3.53. The standard InChI is InChI=1S/C18H22N6O4/c1-2-26-18(25)24-7-5-23(6-8-24)17-15(19)16(20-10-21-17)22-12-3-4-13-14(9-12)28-11-27-13/h3-4,9-10H,2,5-8,11,19H2,1H3,(H,20,21,22). The predicted molar refractivity (Wildman–Crippen MR) is 103 cm³/mol. The molecule has 1 aromatic heterocycles. The molecule has 4 rings (SSSR count). The second-order valence-electron chi connectivity index (χ2n) is 6.33. The zero-order chi connectivity index (χ0) is 19.5. The number of piperazine rings is 1. The molecule has 1 fully saturated rings. The molecule has 0 aliphatic carbocycles. The molecule has 2 aromatic rings. The number of fused-ring (bicyclic) bond motifs is 1. The van der Waals surface area contributed by atoms with Crippen LogP contribution in [0.2, 0.25) is 0 Å². The molecule has 1 aromatic carbocycles. The van der Waals surface area contributed by atoms with Gasteiger partial charge in [-0.25, -0.2) is 14.8 Å². The Morgan fingerprint density at radius 3 is 2.79 bits per heavy atom. The second kappa shape index (κ2) is 7.67. The van der Waals surface area contributed by atoms with Crippen molar-refractivity contribution in [2.45, 2.75) is 6.92 Å². The lowest BCUT2D eigenvalue weighted by Gasteiger charge is -2.35. The fraction of sp³-hybridized carbons (Fsp3) is 0.389. The number of nitrogens with zero attached hydrogens (tertiary/aromatic N) is 4. The normalized spacial score (nSPS) is 15.5. The highest BCUT2D eigenvalue weighted by Crippen LogP contribution is 2.36. The summed E-state index contributed by atoms with van der Waals surface area (Å²) in [6.07, 6.45) is 1.18. The van der Waals surface area contributed by atoms with Crippen LogP contribution in [-0.4, -0.2) is 60.5 Å². The SMILES string of the molecule is CCOC(=O)N1CCN(c2ncnc(Nc3ccc4c(c3)OCO4)c2N)CC1. The van der Waals surface area contributed by atoms with E-state index in [1.807, 2.05) is 23.1 Å². The van der Waals surface area contributed by atoms with Gasteiger partial charge in [-0.3, -0.25) is 0 Å². The van der Waals surface area contributed by atoms with Gasteiger partial charge >= 0.3 is 6.09 Å². The molecule has 2 aliphatic rings. The van der Waals surface area contributed by atoms with Gasteiger partial charge < -0.3 is 35.1 Å². The van der Waals surface area contributed by atoms with Gasteiger partial charge in [0.25, 0.3) is 0 Å². The van der Waals surface area contributed by atoms with Gasteiger partial charge in [-0.05, 0) is 19.1 Å². The van der Waals surface area contributed by atoms with E-state index in [0.29, 0.717) is 61.6 Å². The molecule has 1 saturated heterocycles. The average molecular weight is 386 g/mol. The van der Waals surface area contributed by atoms with Crippen molar-refractivity contribution in [1.82, 2.24) is 14.9 Å². The van der Waals surface area contributed by atoms with Crippen molar-refractivity contribution >= 4 is 29.1 Å². The molecule has 0 unspecified atom stereocenters. The Morgan fingerprint density at radius 1 is 1.21 bits per heavy atom. The van der Waals surface area contributed by atoms with Gasteiger partial charge in [0.15, 0.2) is 23.1 Å².